The molecule has 1 saturated heterocycles. The van der Waals surface area contributed by atoms with Crippen molar-refractivity contribution in [3.05, 3.63) is 78.9 Å². The number of nitrogens with zero attached hydrogens (tertiary/aromatic N) is 5. The van der Waals surface area contributed by atoms with Gasteiger partial charge in [-0.25, -0.2) is 19.7 Å². The van der Waals surface area contributed by atoms with Gasteiger partial charge in [0.1, 0.15) is 6.10 Å². The van der Waals surface area contributed by atoms with Crippen molar-refractivity contribution in [2.24, 2.45) is 0 Å². The summed E-state index contributed by atoms with van der Waals surface area (Å²) in [5, 5.41) is 4.01. The Morgan fingerprint density at radius 2 is 1.74 bits per heavy atom. The predicted octanol–water partition coefficient (Wildman–Crippen LogP) is 3.58. The second kappa shape index (κ2) is 8.69. The van der Waals surface area contributed by atoms with Gasteiger partial charge in [-0.3, -0.25) is 9.97 Å². The number of imidazole rings is 1. The van der Waals surface area contributed by atoms with E-state index in [0.717, 1.165) is 50.4 Å². The van der Waals surface area contributed by atoms with E-state index in [1.54, 1.807) is 24.9 Å². The highest BCUT2D eigenvalue weighted by Crippen LogP contribution is 2.31. The van der Waals surface area contributed by atoms with Crippen LogP contribution in [0.4, 0.5) is 0 Å². The number of aryl methyl sites for hydroxylation is 1. The van der Waals surface area contributed by atoms with Crippen LogP contribution >= 0.6 is 0 Å². The number of carbonyl (C=O) groups is 1. The highest BCUT2D eigenvalue weighted by atomic mass is 16.5. The molecular formula is C26H21N7O2. The standard InChI is InChI=1S/C26H21N7O2/c1-15-3-2-4-22(33-15)24-23(31-14-32-24)16-5-6-21-17(7-16)8-18(9-28-21)19-10-29-25(30-11-19)26(34)35-20-12-27-13-20/h2-11,14,20,27H,12-13H2,1H3,(H,31,32). The maximum absolute atomic E-state index is 12.2. The van der Waals surface area contributed by atoms with Crippen LogP contribution in [0.1, 0.15) is 16.3 Å². The average Bonchev–Trinajstić information content (AvgIpc) is 3.36. The summed E-state index contributed by atoms with van der Waals surface area (Å²) < 4.78 is 5.32. The van der Waals surface area contributed by atoms with Crippen LogP contribution < -0.4 is 5.32 Å². The normalized spacial score (nSPS) is 13.5. The molecule has 1 aliphatic rings. The molecule has 6 rings (SSSR count). The van der Waals surface area contributed by atoms with Crippen molar-refractivity contribution in [3.8, 4) is 33.8 Å². The molecule has 1 aliphatic heterocycles. The van der Waals surface area contributed by atoms with Crippen LogP contribution in [0, 0.1) is 6.92 Å². The van der Waals surface area contributed by atoms with Crippen LogP contribution in [-0.2, 0) is 4.74 Å². The molecule has 5 heterocycles. The summed E-state index contributed by atoms with van der Waals surface area (Å²) in [6, 6.07) is 14.0. The smallest absolute Gasteiger partial charge is 0.376 e. The molecule has 0 unspecified atom stereocenters. The molecule has 0 radical (unpaired) electrons. The van der Waals surface area contributed by atoms with E-state index >= 15 is 0 Å². The zero-order valence-corrected chi connectivity index (χ0v) is 18.9. The van der Waals surface area contributed by atoms with E-state index in [2.05, 4.69) is 41.3 Å². The summed E-state index contributed by atoms with van der Waals surface area (Å²) in [5.74, 6) is -0.463. The summed E-state index contributed by atoms with van der Waals surface area (Å²) in [6.45, 7) is 3.29. The minimum Gasteiger partial charge on any atom is -0.454 e. The lowest BCUT2D eigenvalue weighted by Crippen LogP contribution is -2.49. The van der Waals surface area contributed by atoms with Gasteiger partial charge in [-0.05, 0) is 37.3 Å². The molecule has 0 amide bonds. The quantitative estimate of drug-likeness (QED) is 0.380. The Kier molecular flexibility index (Phi) is 5.23. The third-order valence-electron chi connectivity index (χ3n) is 5.92. The summed E-state index contributed by atoms with van der Waals surface area (Å²) in [5.41, 5.74) is 6.89. The molecule has 9 nitrogen and oxygen atoms in total. The molecule has 172 valence electrons. The Bertz CT molecular complexity index is 1540. The minimum atomic E-state index is -0.512. The second-order valence-electron chi connectivity index (χ2n) is 8.40. The van der Waals surface area contributed by atoms with Gasteiger partial charge in [-0.15, -0.1) is 0 Å². The largest absolute Gasteiger partial charge is 0.454 e. The third kappa shape index (κ3) is 4.13. The van der Waals surface area contributed by atoms with Crippen molar-refractivity contribution < 1.29 is 9.53 Å². The molecule has 35 heavy (non-hydrogen) atoms. The number of carbonyl (C=O) groups excluding carboxylic acids is 1. The van der Waals surface area contributed by atoms with E-state index in [1.165, 1.54) is 0 Å². The van der Waals surface area contributed by atoms with E-state index in [1.807, 2.05) is 43.3 Å². The summed E-state index contributed by atoms with van der Waals surface area (Å²) >= 11 is 0. The molecule has 0 atom stereocenters. The average molecular weight is 464 g/mol. The van der Waals surface area contributed by atoms with Gasteiger partial charge >= 0.3 is 5.97 Å². The van der Waals surface area contributed by atoms with Crippen molar-refractivity contribution in [3.63, 3.8) is 0 Å². The van der Waals surface area contributed by atoms with Crippen molar-refractivity contribution in [1.82, 2.24) is 35.2 Å². The monoisotopic (exact) mass is 463 g/mol. The van der Waals surface area contributed by atoms with Crippen LogP contribution in [0.25, 0.3) is 44.7 Å². The van der Waals surface area contributed by atoms with E-state index in [-0.39, 0.29) is 11.9 Å². The van der Waals surface area contributed by atoms with E-state index in [4.69, 9.17) is 4.74 Å². The van der Waals surface area contributed by atoms with Crippen molar-refractivity contribution in [1.29, 1.82) is 0 Å². The van der Waals surface area contributed by atoms with Crippen molar-refractivity contribution >= 4 is 16.9 Å². The van der Waals surface area contributed by atoms with Crippen molar-refractivity contribution in [2.75, 3.05) is 13.1 Å². The van der Waals surface area contributed by atoms with Gasteiger partial charge in [0.2, 0.25) is 5.82 Å². The Hall–Kier alpha value is -4.50. The molecule has 5 aromatic rings. The first kappa shape index (κ1) is 21.1. The Labute approximate surface area is 200 Å². The number of benzene rings is 1. The second-order valence-corrected chi connectivity index (χ2v) is 8.40. The fourth-order valence-electron chi connectivity index (χ4n) is 3.96. The highest BCUT2D eigenvalue weighted by Gasteiger charge is 2.23. The molecule has 2 N–H and O–H groups in total. The lowest BCUT2D eigenvalue weighted by molar-refractivity contribution is 0.0156. The predicted molar refractivity (Wildman–Crippen MR) is 130 cm³/mol. The Morgan fingerprint density at radius 1 is 0.943 bits per heavy atom. The molecule has 4 aromatic heterocycles. The molecule has 0 bridgehead atoms. The SMILES string of the molecule is Cc1cccc(-c2[nH]cnc2-c2ccc3ncc(-c4cnc(C(=O)OC5CNC5)nc4)cc3c2)n1. The van der Waals surface area contributed by atoms with Gasteiger partial charge in [0.25, 0.3) is 0 Å². The van der Waals surface area contributed by atoms with Gasteiger partial charge in [-0.2, -0.15) is 0 Å². The number of nitrogens with one attached hydrogen (secondary N) is 2. The van der Waals surface area contributed by atoms with Gasteiger partial charge in [0.15, 0.2) is 0 Å². The van der Waals surface area contributed by atoms with Crippen LogP contribution in [-0.4, -0.2) is 55.1 Å². The highest BCUT2D eigenvalue weighted by molar-refractivity contribution is 5.89. The summed E-state index contributed by atoms with van der Waals surface area (Å²) in [7, 11) is 0. The van der Waals surface area contributed by atoms with Crippen LogP contribution in [0.5, 0.6) is 0 Å². The first-order valence-electron chi connectivity index (χ1n) is 11.3. The molecule has 9 heteroatoms. The minimum absolute atomic E-state index is 0.0486. The number of aromatic amines is 1. The number of aromatic nitrogens is 6. The zero-order valence-electron chi connectivity index (χ0n) is 18.9. The first-order chi connectivity index (χ1) is 17.1. The number of H-pyrrole nitrogens is 1. The third-order valence-corrected chi connectivity index (χ3v) is 5.92. The molecule has 0 aliphatic carbocycles. The zero-order chi connectivity index (χ0) is 23.8. The maximum Gasteiger partial charge on any atom is 0.376 e. The van der Waals surface area contributed by atoms with Crippen LogP contribution in [0.2, 0.25) is 0 Å². The van der Waals surface area contributed by atoms with E-state index in [0.29, 0.717) is 13.1 Å². The summed E-state index contributed by atoms with van der Waals surface area (Å²) in [4.78, 5) is 37.6. The lowest BCUT2D eigenvalue weighted by atomic mass is 10.0. The van der Waals surface area contributed by atoms with E-state index < -0.39 is 5.97 Å². The Balaban J connectivity index is 1.30. The number of ether oxygens (including phenoxy) is 1. The number of esters is 1. The fourth-order valence-corrected chi connectivity index (χ4v) is 3.96. The van der Waals surface area contributed by atoms with Gasteiger partial charge in [-0.1, -0.05) is 12.1 Å². The molecule has 0 saturated carbocycles. The summed E-state index contributed by atoms with van der Waals surface area (Å²) in [6.07, 6.45) is 6.57. The number of fused-ring (bicyclic) bond motifs is 1. The Morgan fingerprint density at radius 3 is 2.51 bits per heavy atom. The van der Waals surface area contributed by atoms with E-state index in [9.17, 15) is 4.79 Å². The molecule has 1 fully saturated rings. The van der Waals surface area contributed by atoms with Gasteiger partial charge < -0.3 is 15.0 Å². The number of rotatable bonds is 5. The molecule has 0 spiro atoms. The molecular weight excluding hydrogens is 442 g/mol. The number of pyridine rings is 2. The maximum atomic E-state index is 12.2. The molecule has 1 aromatic carbocycles. The van der Waals surface area contributed by atoms with Crippen LogP contribution in [0.15, 0.2) is 67.4 Å². The first-order valence-corrected chi connectivity index (χ1v) is 11.3. The van der Waals surface area contributed by atoms with Gasteiger partial charge in [0.05, 0.1) is 28.9 Å². The van der Waals surface area contributed by atoms with Crippen LogP contribution in [0.3, 0.4) is 0 Å². The van der Waals surface area contributed by atoms with Gasteiger partial charge in [0, 0.05) is 59.5 Å². The topological polar surface area (TPSA) is 119 Å². The number of hydrogen-bond acceptors (Lipinski definition) is 8. The fraction of sp³-hybridized carbons (Fsp3) is 0.154. The number of hydrogen-bond donors (Lipinski definition) is 2. The lowest BCUT2D eigenvalue weighted by Gasteiger charge is -2.26. The van der Waals surface area contributed by atoms with Crippen molar-refractivity contribution in [2.45, 2.75) is 13.0 Å².